The van der Waals surface area contributed by atoms with Gasteiger partial charge >= 0.3 is 12.2 Å². The van der Waals surface area contributed by atoms with Gasteiger partial charge in [-0.15, -0.1) is 0 Å². The molecule has 7 nitrogen and oxygen atoms in total. The van der Waals surface area contributed by atoms with Crippen molar-refractivity contribution in [1.82, 2.24) is 19.0 Å². The van der Waals surface area contributed by atoms with Crippen LogP contribution in [0, 0.1) is 5.82 Å². The van der Waals surface area contributed by atoms with Crippen LogP contribution in [0.5, 0.6) is 0 Å². The van der Waals surface area contributed by atoms with Gasteiger partial charge < -0.3 is 9.80 Å². The van der Waals surface area contributed by atoms with E-state index in [1.54, 1.807) is 35.9 Å². The number of hydrogen-bond donors (Lipinski definition) is 0. The standard InChI is InChI=1S/C26H30Cl2F4N4O3S/c1-16-12-34(8-9-36(16)40(3,38)39)25(37)35-14-19(18-5-7-21(27)22(28)11-18)24(15-35)33(2)13-17-4-6-20(23(29)10-17)26(30,31)32/h4-7,10-11,16,19,24H,8-9,12-15H2,1-3H3/t16-,19-,24-/m1/s1. The molecule has 0 spiro atoms. The van der Waals surface area contributed by atoms with Crippen LogP contribution in [0.15, 0.2) is 36.4 Å². The Kier molecular flexibility index (Phi) is 8.97. The summed E-state index contributed by atoms with van der Waals surface area (Å²) < 4.78 is 78.8. The van der Waals surface area contributed by atoms with Crippen LogP contribution in [0.1, 0.15) is 29.5 Å². The van der Waals surface area contributed by atoms with Gasteiger partial charge in [0.15, 0.2) is 0 Å². The number of nitrogens with zero attached hydrogens (tertiary/aromatic N) is 4. The number of carbonyl (C=O) groups excluding carboxylic acids is 1. The topological polar surface area (TPSA) is 64.2 Å². The van der Waals surface area contributed by atoms with Crippen molar-refractivity contribution in [3.63, 3.8) is 0 Å². The molecule has 40 heavy (non-hydrogen) atoms. The summed E-state index contributed by atoms with van der Waals surface area (Å²) in [4.78, 5) is 18.8. The Balaban J connectivity index is 1.56. The number of carbonyl (C=O) groups is 1. The maximum atomic E-state index is 14.2. The van der Waals surface area contributed by atoms with Crippen molar-refractivity contribution < 1.29 is 30.8 Å². The van der Waals surface area contributed by atoms with E-state index in [0.717, 1.165) is 24.0 Å². The molecule has 2 heterocycles. The Morgan fingerprint density at radius 1 is 1.02 bits per heavy atom. The summed E-state index contributed by atoms with van der Waals surface area (Å²) in [5, 5.41) is 0.722. The SMILES string of the molecule is C[C@@H]1CN(C(=O)N2C[C@H](c3ccc(Cl)c(Cl)c3)[C@H](N(C)Cc3ccc(C(F)(F)F)c(F)c3)C2)CCN1S(C)(=O)=O. The summed E-state index contributed by atoms with van der Waals surface area (Å²) in [7, 11) is -1.63. The maximum absolute atomic E-state index is 14.2. The first-order chi connectivity index (χ1) is 18.6. The van der Waals surface area contributed by atoms with E-state index in [1.165, 1.54) is 10.4 Å². The van der Waals surface area contributed by atoms with Crippen LogP contribution < -0.4 is 0 Å². The predicted molar refractivity (Wildman–Crippen MR) is 145 cm³/mol. The number of sulfonamides is 1. The number of urea groups is 1. The monoisotopic (exact) mass is 624 g/mol. The fourth-order valence-electron chi connectivity index (χ4n) is 5.56. The maximum Gasteiger partial charge on any atom is 0.419 e. The number of rotatable bonds is 5. The second-order valence-electron chi connectivity index (χ2n) is 10.4. The molecule has 0 aliphatic carbocycles. The largest absolute Gasteiger partial charge is 0.419 e. The molecule has 3 atom stereocenters. The molecule has 2 amide bonds. The van der Waals surface area contributed by atoms with Crippen molar-refractivity contribution >= 4 is 39.3 Å². The lowest BCUT2D eigenvalue weighted by atomic mass is 9.93. The van der Waals surface area contributed by atoms with E-state index in [2.05, 4.69) is 0 Å². The minimum Gasteiger partial charge on any atom is -0.322 e. The molecule has 220 valence electrons. The minimum absolute atomic E-state index is 0.143. The number of piperazine rings is 1. The molecular formula is C26H30Cl2F4N4O3S. The Bertz CT molecular complexity index is 1380. The second kappa shape index (κ2) is 11.6. The number of likely N-dealkylation sites (tertiary alicyclic amines) is 1. The molecule has 0 aromatic heterocycles. The Morgan fingerprint density at radius 3 is 2.30 bits per heavy atom. The lowest BCUT2D eigenvalue weighted by molar-refractivity contribution is -0.140. The molecule has 2 aromatic rings. The van der Waals surface area contributed by atoms with E-state index in [9.17, 15) is 30.8 Å². The van der Waals surface area contributed by atoms with Gasteiger partial charge in [-0.25, -0.2) is 17.6 Å². The van der Waals surface area contributed by atoms with E-state index in [-0.39, 0.29) is 50.2 Å². The first kappa shape index (κ1) is 30.8. The highest BCUT2D eigenvalue weighted by Crippen LogP contribution is 2.36. The Morgan fingerprint density at radius 2 is 1.73 bits per heavy atom. The van der Waals surface area contributed by atoms with Gasteiger partial charge in [0.2, 0.25) is 10.0 Å². The van der Waals surface area contributed by atoms with E-state index >= 15 is 0 Å². The summed E-state index contributed by atoms with van der Waals surface area (Å²) in [5.41, 5.74) is -0.137. The van der Waals surface area contributed by atoms with E-state index in [4.69, 9.17) is 23.2 Å². The molecule has 0 bridgehead atoms. The number of halogens is 6. The fraction of sp³-hybridized carbons (Fsp3) is 0.500. The fourth-order valence-corrected chi connectivity index (χ4v) is 7.00. The normalized spacial score (nSPS) is 22.8. The van der Waals surface area contributed by atoms with Gasteiger partial charge in [-0.2, -0.15) is 17.5 Å². The molecule has 2 saturated heterocycles. The average Bonchev–Trinajstić information content (AvgIpc) is 3.29. The van der Waals surface area contributed by atoms with Gasteiger partial charge in [0, 0.05) is 57.3 Å². The van der Waals surface area contributed by atoms with Gasteiger partial charge in [-0.1, -0.05) is 35.3 Å². The number of alkyl halides is 3. The minimum atomic E-state index is -4.79. The third-order valence-corrected chi connectivity index (χ3v) is 9.66. The molecule has 2 aliphatic rings. The number of benzene rings is 2. The van der Waals surface area contributed by atoms with Gasteiger partial charge in [0.25, 0.3) is 0 Å². The predicted octanol–water partition coefficient (Wildman–Crippen LogP) is 5.14. The Hall–Kier alpha value is -2.12. The first-order valence-corrected chi connectivity index (χ1v) is 15.2. The van der Waals surface area contributed by atoms with Crippen molar-refractivity contribution in [2.75, 3.05) is 46.0 Å². The van der Waals surface area contributed by atoms with E-state index in [1.807, 2.05) is 11.0 Å². The zero-order valence-electron chi connectivity index (χ0n) is 22.1. The third kappa shape index (κ3) is 6.67. The second-order valence-corrected chi connectivity index (χ2v) is 13.2. The van der Waals surface area contributed by atoms with Crippen LogP contribution in [0.2, 0.25) is 10.0 Å². The van der Waals surface area contributed by atoms with Crippen molar-refractivity contribution in [3.05, 3.63) is 69.0 Å². The van der Waals surface area contributed by atoms with Crippen LogP contribution in [0.25, 0.3) is 0 Å². The molecule has 4 rings (SSSR count). The van der Waals surface area contributed by atoms with Crippen LogP contribution in [-0.4, -0.2) is 91.6 Å². The van der Waals surface area contributed by atoms with Crippen molar-refractivity contribution in [2.24, 2.45) is 0 Å². The summed E-state index contributed by atoms with van der Waals surface area (Å²) in [5.74, 6) is -1.57. The van der Waals surface area contributed by atoms with Crippen molar-refractivity contribution in [3.8, 4) is 0 Å². The molecule has 2 aromatic carbocycles. The average molecular weight is 626 g/mol. The smallest absolute Gasteiger partial charge is 0.322 e. The number of hydrogen-bond acceptors (Lipinski definition) is 4. The molecule has 2 aliphatic heterocycles. The number of likely N-dealkylation sites (N-methyl/N-ethyl adjacent to an activating group) is 1. The molecule has 2 fully saturated rings. The molecule has 0 saturated carbocycles. The van der Waals surface area contributed by atoms with Gasteiger partial charge in [0.1, 0.15) is 5.82 Å². The Labute approximate surface area is 241 Å². The first-order valence-electron chi connectivity index (χ1n) is 12.6. The summed E-state index contributed by atoms with van der Waals surface area (Å²) in [6, 6.07) is 7.18. The van der Waals surface area contributed by atoms with E-state index < -0.39 is 27.6 Å². The quantitative estimate of drug-likeness (QED) is 0.432. The zero-order chi connectivity index (χ0) is 29.6. The highest BCUT2D eigenvalue weighted by atomic mass is 35.5. The highest BCUT2D eigenvalue weighted by Gasteiger charge is 2.42. The number of amides is 2. The van der Waals surface area contributed by atoms with Crippen molar-refractivity contribution in [2.45, 2.75) is 37.6 Å². The lowest BCUT2D eigenvalue weighted by Crippen LogP contribution is -2.57. The molecular weight excluding hydrogens is 595 g/mol. The summed E-state index contributed by atoms with van der Waals surface area (Å²) in [6.45, 7) is 3.20. The lowest BCUT2D eigenvalue weighted by Gasteiger charge is -2.39. The summed E-state index contributed by atoms with van der Waals surface area (Å²) >= 11 is 12.4. The van der Waals surface area contributed by atoms with Crippen LogP contribution in [0.3, 0.4) is 0 Å². The van der Waals surface area contributed by atoms with Crippen molar-refractivity contribution in [1.29, 1.82) is 0 Å². The molecule has 0 unspecified atom stereocenters. The molecule has 14 heteroatoms. The van der Waals surface area contributed by atoms with Gasteiger partial charge in [0.05, 0.1) is 21.9 Å². The van der Waals surface area contributed by atoms with E-state index in [0.29, 0.717) is 28.7 Å². The summed E-state index contributed by atoms with van der Waals surface area (Å²) in [6.07, 6.45) is -3.64. The molecule has 0 radical (unpaired) electrons. The van der Waals surface area contributed by atoms with Gasteiger partial charge in [-0.3, -0.25) is 4.90 Å². The third-order valence-electron chi connectivity index (χ3n) is 7.53. The zero-order valence-corrected chi connectivity index (χ0v) is 24.5. The van der Waals surface area contributed by atoms with Crippen LogP contribution in [-0.2, 0) is 22.7 Å². The van der Waals surface area contributed by atoms with Gasteiger partial charge in [-0.05, 0) is 49.4 Å². The highest BCUT2D eigenvalue weighted by molar-refractivity contribution is 7.88. The van der Waals surface area contributed by atoms with Crippen LogP contribution >= 0.6 is 23.2 Å². The van der Waals surface area contributed by atoms with Crippen LogP contribution in [0.4, 0.5) is 22.4 Å². The molecule has 0 N–H and O–H groups in total.